The Morgan fingerprint density at radius 2 is 1.74 bits per heavy atom. The number of nitrogens with one attached hydrogen (secondary N) is 1. The summed E-state index contributed by atoms with van der Waals surface area (Å²) in [7, 11) is 0. The van der Waals surface area contributed by atoms with Crippen LogP contribution in [0.25, 0.3) is 11.1 Å². The highest BCUT2D eigenvalue weighted by Crippen LogP contribution is 2.19. The van der Waals surface area contributed by atoms with Crippen molar-refractivity contribution in [3.8, 4) is 11.1 Å². The lowest BCUT2D eigenvalue weighted by Crippen LogP contribution is -2.14. The Bertz CT molecular complexity index is 491. The monoisotopic (exact) mass is 256 g/mol. The van der Waals surface area contributed by atoms with Gasteiger partial charge in [0.1, 0.15) is 0 Å². The van der Waals surface area contributed by atoms with E-state index in [4.69, 9.17) is 5.73 Å². The molecule has 100 valence electrons. The van der Waals surface area contributed by atoms with Gasteiger partial charge < -0.3 is 11.1 Å². The predicted molar refractivity (Wildman–Crippen MR) is 79.0 cm³/mol. The van der Waals surface area contributed by atoms with Crippen LogP contribution in [0, 0.1) is 0 Å². The number of aromatic nitrogens is 2. The summed E-state index contributed by atoms with van der Waals surface area (Å²) in [6, 6.07) is 8.58. The van der Waals surface area contributed by atoms with Crippen LogP contribution in [0.3, 0.4) is 0 Å². The zero-order chi connectivity index (χ0) is 13.5. The highest BCUT2D eigenvalue weighted by molar-refractivity contribution is 5.62. The van der Waals surface area contributed by atoms with E-state index in [2.05, 4.69) is 46.5 Å². The first-order chi connectivity index (χ1) is 9.33. The molecule has 19 heavy (non-hydrogen) atoms. The molecule has 0 saturated heterocycles. The van der Waals surface area contributed by atoms with Crippen molar-refractivity contribution in [1.29, 1.82) is 0 Å². The molecule has 0 spiro atoms. The number of nitrogens with two attached hydrogens (primary N) is 1. The Kier molecular flexibility index (Phi) is 4.86. The smallest absolute Gasteiger partial charge is 0.222 e. The van der Waals surface area contributed by atoms with Crippen LogP contribution < -0.4 is 11.1 Å². The lowest BCUT2D eigenvalue weighted by Gasteiger charge is -2.05. The molecular formula is C15H20N4. The number of aryl methyl sites for hydroxylation is 1. The normalized spacial score (nSPS) is 10.4. The lowest BCUT2D eigenvalue weighted by atomic mass is 10.0. The third-order valence-electron chi connectivity index (χ3n) is 2.91. The van der Waals surface area contributed by atoms with Crippen molar-refractivity contribution in [2.75, 3.05) is 18.4 Å². The van der Waals surface area contributed by atoms with Crippen LogP contribution in [0.4, 0.5) is 5.95 Å². The van der Waals surface area contributed by atoms with E-state index in [0.717, 1.165) is 17.5 Å². The third-order valence-corrected chi connectivity index (χ3v) is 2.91. The summed E-state index contributed by atoms with van der Waals surface area (Å²) in [5, 5.41) is 3.05. The van der Waals surface area contributed by atoms with Gasteiger partial charge in [-0.3, -0.25) is 0 Å². The van der Waals surface area contributed by atoms with Crippen molar-refractivity contribution in [1.82, 2.24) is 9.97 Å². The molecule has 1 aromatic heterocycles. The van der Waals surface area contributed by atoms with E-state index < -0.39 is 0 Å². The van der Waals surface area contributed by atoms with Crippen LogP contribution >= 0.6 is 0 Å². The second-order valence-corrected chi connectivity index (χ2v) is 4.46. The number of nitrogens with zero attached hydrogens (tertiary/aromatic N) is 2. The summed E-state index contributed by atoms with van der Waals surface area (Å²) < 4.78 is 0. The van der Waals surface area contributed by atoms with E-state index in [1.54, 1.807) is 0 Å². The summed E-state index contributed by atoms with van der Waals surface area (Å²) >= 11 is 0. The van der Waals surface area contributed by atoms with Gasteiger partial charge in [-0.1, -0.05) is 37.6 Å². The number of anilines is 1. The van der Waals surface area contributed by atoms with Gasteiger partial charge >= 0.3 is 0 Å². The molecule has 0 aliphatic heterocycles. The van der Waals surface area contributed by atoms with E-state index in [0.29, 0.717) is 19.0 Å². The van der Waals surface area contributed by atoms with E-state index in [9.17, 15) is 0 Å². The van der Waals surface area contributed by atoms with Gasteiger partial charge in [-0.25, -0.2) is 9.97 Å². The molecule has 0 saturated carbocycles. The summed E-state index contributed by atoms with van der Waals surface area (Å²) in [4.78, 5) is 8.55. The van der Waals surface area contributed by atoms with Gasteiger partial charge in [0.15, 0.2) is 0 Å². The van der Waals surface area contributed by atoms with E-state index in [1.165, 1.54) is 12.0 Å². The molecule has 0 aliphatic rings. The highest BCUT2D eigenvalue weighted by atomic mass is 15.1. The largest absolute Gasteiger partial charge is 0.353 e. The topological polar surface area (TPSA) is 63.8 Å². The van der Waals surface area contributed by atoms with Crippen LogP contribution in [-0.2, 0) is 6.42 Å². The highest BCUT2D eigenvalue weighted by Gasteiger charge is 2.00. The van der Waals surface area contributed by atoms with Crippen molar-refractivity contribution in [3.05, 3.63) is 42.2 Å². The maximum Gasteiger partial charge on any atom is 0.222 e. The van der Waals surface area contributed by atoms with Crippen LogP contribution in [-0.4, -0.2) is 23.1 Å². The van der Waals surface area contributed by atoms with Gasteiger partial charge in [-0.2, -0.15) is 0 Å². The minimum atomic E-state index is 0.573. The van der Waals surface area contributed by atoms with E-state index >= 15 is 0 Å². The number of hydrogen-bond acceptors (Lipinski definition) is 4. The molecule has 0 unspecified atom stereocenters. The van der Waals surface area contributed by atoms with Gasteiger partial charge in [0.2, 0.25) is 5.95 Å². The van der Waals surface area contributed by atoms with Gasteiger partial charge in [-0.05, 0) is 17.5 Å². The molecule has 3 N–H and O–H groups in total. The second kappa shape index (κ2) is 6.85. The first kappa shape index (κ1) is 13.5. The molecule has 0 radical (unpaired) electrons. The maximum absolute atomic E-state index is 5.42. The van der Waals surface area contributed by atoms with Crippen molar-refractivity contribution in [2.45, 2.75) is 19.8 Å². The molecule has 0 atom stereocenters. The molecule has 1 aromatic carbocycles. The van der Waals surface area contributed by atoms with Crippen molar-refractivity contribution >= 4 is 5.95 Å². The second-order valence-electron chi connectivity index (χ2n) is 4.46. The summed E-state index contributed by atoms with van der Waals surface area (Å²) in [5.74, 6) is 0.622. The standard InChI is InChI=1S/C15H20N4/c1-2-3-12-4-6-13(7-5-12)14-10-18-15(19-11-14)17-9-8-16/h4-7,10-11H,2-3,8-9,16H2,1H3,(H,17,18,19). The van der Waals surface area contributed by atoms with Gasteiger partial charge in [0, 0.05) is 31.0 Å². The number of rotatable bonds is 6. The molecule has 0 amide bonds. The molecule has 0 fully saturated rings. The van der Waals surface area contributed by atoms with E-state index in [-0.39, 0.29) is 0 Å². The minimum absolute atomic E-state index is 0.573. The fourth-order valence-electron chi connectivity index (χ4n) is 1.90. The summed E-state index contributed by atoms with van der Waals surface area (Å²) in [5.41, 5.74) is 8.96. The molecule has 2 rings (SSSR count). The van der Waals surface area contributed by atoms with Crippen LogP contribution in [0.15, 0.2) is 36.7 Å². The average Bonchev–Trinajstić information content (AvgIpc) is 2.47. The molecule has 1 heterocycles. The molecule has 2 aromatic rings. The molecule has 4 heteroatoms. The Morgan fingerprint density at radius 1 is 1.05 bits per heavy atom. The van der Waals surface area contributed by atoms with Crippen molar-refractivity contribution < 1.29 is 0 Å². The van der Waals surface area contributed by atoms with Crippen molar-refractivity contribution in [3.63, 3.8) is 0 Å². The zero-order valence-electron chi connectivity index (χ0n) is 11.3. The van der Waals surface area contributed by atoms with Crippen LogP contribution in [0.1, 0.15) is 18.9 Å². The Labute approximate surface area is 114 Å². The maximum atomic E-state index is 5.42. The average molecular weight is 256 g/mol. The fourth-order valence-corrected chi connectivity index (χ4v) is 1.90. The van der Waals surface area contributed by atoms with Crippen LogP contribution in [0.5, 0.6) is 0 Å². The van der Waals surface area contributed by atoms with Crippen LogP contribution in [0.2, 0.25) is 0 Å². The first-order valence-corrected chi connectivity index (χ1v) is 6.68. The zero-order valence-corrected chi connectivity index (χ0v) is 11.3. The molecule has 4 nitrogen and oxygen atoms in total. The number of hydrogen-bond donors (Lipinski definition) is 2. The number of benzene rings is 1. The third kappa shape index (κ3) is 3.76. The molecule has 0 bridgehead atoms. The van der Waals surface area contributed by atoms with Gasteiger partial charge in [0.25, 0.3) is 0 Å². The minimum Gasteiger partial charge on any atom is -0.353 e. The van der Waals surface area contributed by atoms with Gasteiger partial charge in [0.05, 0.1) is 0 Å². The van der Waals surface area contributed by atoms with E-state index in [1.807, 2.05) is 12.4 Å². The van der Waals surface area contributed by atoms with Crippen molar-refractivity contribution in [2.24, 2.45) is 5.73 Å². The summed E-state index contributed by atoms with van der Waals surface area (Å²) in [6.07, 6.45) is 5.96. The quantitative estimate of drug-likeness (QED) is 0.833. The Balaban J connectivity index is 2.08. The molecular weight excluding hydrogens is 236 g/mol. The first-order valence-electron chi connectivity index (χ1n) is 6.68. The fraction of sp³-hybridized carbons (Fsp3) is 0.333. The Morgan fingerprint density at radius 3 is 2.32 bits per heavy atom. The summed E-state index contributed by atoms with van der Waals surface area (Å²) in [6.45, 7) is 3.45. The Hall–Kier alpha value is -1.94. The molecule has 0 aliphatic carbocycles. The predicted octanol–water partition coefficient (Wildman–Crippen LogP) is 2.47. The SMILES string of the molecule is CCCc1ccc(-c2cnc(NCCN)nc2)cc1. The lowest BCUT2D eigenvalue weighted by molar-refractivity contribution is 0.922. The van der Waals surface area contributed by atoms with Gasteiger partial charge in [-0.15, -0.1) is 0 Å².